The van der Waals surface area contributed by atoms with Gasteiger partial charge in [0.15, 0.2) is 5.96 Å². The van der Waals surface area contributed by atoms with Crippen molar-refractivity contribution in [2.24, 2.45) is 4.99 Å². The Hall–Kier alpha value is -0.900. The highest BCUT2D eigenvalue weighted by Crippen LogP contribution is 2.14. The number of benzene rings is 1. The van der Waals surface area contributed by atoms with Crippen molar-refractivity contribution >= 4 is 29.9 Å². The van der Waals surface area contributed by atoms with Crippen molar-refractivity contribution < 1.29 is 14.2 Å². The van der Waals surface area contributed by atoms with Crippen molar-refractivity contribution in [1.82, 2.24) is 10.6 Å². The first-order valence-electron chi connectivity index (χ1n) is 10.6. The van der Waals surface area contributed by atoms with E-state index in [1.807, 2.05) is 0 Å². The van der Waals surface area contributed by atoms with Crippen LogP contribution in [0.2, 0.25) is 0 Å². The number of guanidine groups is 1. The van der Waals surface area contributed by atoms with Gasteiger partial charge in [-0.3, -0.25) is 4.99 Å². The molecule has 0 spiro atoms. The van der Waals surface area contributed by atoms with E-state index in [0.717, 1.165) is 71.2 Å². The van der Waals surface area contributed by atoms with E-state index in [2.05, 4.69) is 46.8 Å². The van der Waals surface area contributed by atoms with Crippen LogP contribution >= 0.6 is 24.0 Å². The summed E-state index contributed by atoms with van der Waals surface area (Å²) in [6.07, 6.45) is 5.63. The second-order valence-electron chi connectivity index (χ2n) is 7.11. The summed E-state index contributed by atoms with van der Waals surface area (Å²) in [5, 5.41) is 6.68. The van der Waals surface area contributed by atoms with E-state index in [4.69, 9.17) is 14.2 Å². The first-order chi connectivity index (χ1) is 13.8. The van der Waals surface area contributed by atoms with Gasteiger partial charge in [0.2, 0.25) is 0 Å². The Balaban J connectivity index is 0.00000420. The second kappa shape index (κ2) is 16.8. The van der Waals surface area contributed by atoms with Crippen molar-refractivity contribution in [1.29, 1.82) is 0 Å². The number of unbranched alkanes of at least 4 members (excludes halogenated alkanes) is 1. The van der Waals surface area contributed by atoms with Crippen LogP contribution in [0.25, 0.3) is 0 Å². The zero-order chi connectivity index (χ0) is 19.9. The molecule has 0 amide bonds. The molecule has 1 fully saturated rings. The summed E-state index contributed by atoms with van der Waals surface area (Å²) in [7, 11) is 1.80. The summed E-state index contributed by atoms with van der Waals surface area (Å²) in [6, 6.07) is 8.56. The number of aliphatic imine (C=N–C) groups is 1. The number of rotatable bonds is 12. The molecule has 1 heterocycles. The van der Waals surface area contributed by atoms with E-state index in [-0.39, 0.29) is 24.0 Å². The summed E-state index contributed by atoms with van der Waals surface area (Å²) in [5.74, 6) is 0.820. The summed E-state index contributed by atoms with van der Waals surface area (Å²) in [6.45, 7) is 7.73. The maximum atomic E-state index is 5.98. The fourth-order valence-electron chi connectivity index (χ4n) is 2.95. The van der Waals surface area contributed by atoms with Gasteiger partial charge in [0.25, 0.3) is 0 Å². The van der Waals surface area contributed by atoms with Crippen LogP contribution in [-0.2, 0) is 27.4 Å². The van der Waals surface area contributed by atoms with E-state index >= 15 is 0 Å². The normalized spacial score (nSPS) is 15.0. The van der Waals surface area contributed by atoms with Gasteiger partial charge in [-0.1, -0.05) is 37.6 Å². The summed E-state index contributed by atoms with van der Waals surface area (Å²) < 4.78 is 16.9. The first kappa shape index (κ1) is 26.1. The Morgan fingerprint density at radius 2 is 1.76 bits per heavy atom. The molecule has 0 unspecified atom stereocenters. The van der Waals surface area contributed by atoms with Crippen molar-refractivity contribution in [2.45, 2.75) is 58.3 Å². The smallest absolute Gasteiger partial charge is 0.191 e. The van der Waals surface area contributed by atoms with Crippen LogP contribution in [0.1, 0.15) is 50.2 Å². The van der Waals surface area contributed by atoms with Gasteiger partial charge in [-0.05, 0) is 36.8 Å². The largest absolute Gasteiger partial charge is 0.381 e. The Bertz CT molecular complexity index is 549. The zero-order valence-electron chi connectivity index (χ0n) is 18.0. The minimum Gasteiger partial charge on any atom is -0.381 e. The van der Waals surface area contributed by atoms with Gasteiger partial charge in [-0.25, -0.2) is 0 Å². The van der Waals surface area contributed by atoms with Crippen LogP contribution in [0.4, 0.5) is 0 Å². The Morgan fingerprint density at radius 1 is 1.07 bits per heavy atom. The monoisotopic (exact) mass is 519 g/mol. The topological polar surface area (TPSA) is 64.1 Å². The predicted octanol–water partition coefficient (Wildman–Crippen LogP) is 3.87. The summed E-state index contributed by atoms with van der Waals surface area (Å²) >= 11 is 0. The van der Waals surface area contributed by atoms with E-state index in [0.29, 0.717) is 12.7 Å². The fourth-order valence-corrected chi connectivity index (χ4v) is 2.95. The molecule has 0 atom stereocenters. The molecule has 2 rings (SSSR count). The maximum Gasteiger partial charge on any atom is 0.191 e. The van der Waals surface area contributed by atoms with Gasteiger partial charge in [-0.15, -0.1) is 24.0 Å². The molecular weight excluding hydrogens is 481 g/mol. The lowest BCUT2D eigenvalue weighted by atomic mass is 10.1. The highest BCUT2D eigenvalue weighted by atomic mass is 127. The average molecular weight is 519 g/mol. The first-order valence-corrected chi connectivity index (χ1v) is 10.6. The lowest BCUT2D eigenvalue weighted by Gasteiger charge is -2.22. The molecule has 1 saturated heterocycles. The van der Waals surface area contributed by atoms with Crippen molar-refractivity contribution in [3.63, 3.8) is 0 Å². The van der Waals surface area contributed by atoms with Gasteiger partial charge in [0, 0.05) is 46.6 Å². The van der Waals surface area contributed by atoms with Crippen molar-refractivity contribution in [3.05, 3.63) is 35.4 Å². The van der Waals surface area contributed by atoms with E-state index in [1.54, 1.807) is 7.05 Å². The highest BCUT2D eigenvalue weighted by Gasteiger charge is 2.13. The fraction of sp³-hybridized carbons (Fsp3) is 0.682. The van der Waals surface area contributed by atoms with Crippen LogP contribution in [0.5, 0.6) is 0 Å². The van der Waals surface area contributed by atoms with Crippen molar-refractivity contribution in [2.75, 3.05) is 40.0 Å². The number of ether oxygens (including phenoxy) is 3. The van der Waals surface area contributed by atoms with Gasteiger partial charge in [-0.2, -0.15) is 0 Å². The molecule has 6 nitrogen and oxygen atoms in total. The Labute approximate surface area is 193 Å². The number of nitrogens with zero attached hydrogens (tertiary/aromatic N) is 1. The van der Waals surface area contributed by atoms with Crippen LogP contribution in [0.3, 0.4) is 0 Å². The molecule has 29 heavy (non-hydrogen) atoms. The van der Waals surface area contributed by atoms with Gasteiger partial charge in [0.1, 0.15) is 0 Å². The molecule has 0 radical (unpaired) electrons. The minimum atomic E-state index is 0. The summed E-state index contributed by atoms with van der Waals surface area (Å²) in [4.78, 5) is 4.27. The Morgan fingerprint density at radius 3 is 2.45 bits per heavy atom. The van der Waals surface area contributed by atoms with Gasteiger partial charge >= 0.3 is 0 Å². The molecule has 1 aliphatic rings. The molecule has 0 aromatic heterocycles. The van der Waals surface area contributed by atoms with Crippen LogP contribution in [0.15, 0.2) is 29.3 Å². The molecule has 1 aromatic rings. The van der Waals surface area contributed by atoms with Crippen LogP contribution in [-0.4, -0.2) is 52.1 Å². The third-order valence-corrected chi connectivity index (χ3v) is 4.76. The standard InChI is InChI=1S/C22H37N3O3.HI/c1-3-4-13-26-14-5-12-24-22(23-2)25-17-19-6-8-20(9-7-19)18-28-21-10-15-27-16-11-21;/h6-9,21H,3-5,10-18H2,1-2H3,(H2,23,24,25);1H. The second-order valence-corrected chi connectivity index (χ2v) is 7.11. The quantitative estimate of drug-likeness (QED) is 0.190. The molecule has 1 aliphatic heterocycles. The zero-order valence-corrected chi connectivity index (χ0v) is 20.3. The molecule has 2 N–H and O–H groups in total. The van der Waals surface area contributed by atoms with Crippen molar-refractivity contribution in [3.8, 4) is 0 Å². The maximum absolute atomic E-state index is 5.98. The molecule has 1 aromatic carbocycles. The van der Waals surface area contributed by atoms with E-state index in [1.165, 1.54) is 17.5 Å². The van der Waals surface area contributed by atoms with Crippen LogP contribution < -0.4 is 10.6 Å². The predicted molar refractivity (Wildman–Crippen MR) is 129 cm³/mol. The highest BCUT2D eigenvalue weighted by molar-refractivity contribution is 14.0. The summed E-state index contributed by atoms with van der Waals surface area (Å²) in [5.41, 5.74) is 2.43. The number of halogens is 1. The third-order valence-electron chi connectivity index (χ3n) is 4.76. The minimum absolute atomic E-state index is 0. The molecule has 0 saturated carbocycles. The molecular formula is C22H38IN3O3. The number of hydrogen-bond donors (Lipinski definition) is 2. The molecule has 166 valence electrons. The SMILES string of the molecule is CCCCOCCCNC(=NC)NCc1ccc(COC2CCOCC2)cc1.I. The lowest BCUT2D eigenvalue weighted by Crippen LogP contribution is -2.37. The Kier molecular flexibility index (Phi) is 15.2. The van der Waals surface area contributed by atoms with E-state index in [9.17, 15) is 0 Å². The molecule has 0 bridgehead atoms. The third kappa shape index (κ3) is 11.8. The number of hydrogen-bond acceptors (Lipinski definition) is 4. The molecule has 0 aliphatic carbocycles. The van der Waals surface area contributed by atoms with Gasteiger partial charge in [0.05, 0.1) is 12.7 Å². The lowest BCUT2D eigenvalue weighted by molar-refractivity contribution is -0.0390. The van der Waals surface area contributed by atoms with Gasteiger partial charge < -0.3 is 24.8 Å². The average Bonchev–Trinajstić information content (AvgIpc) is 2.75. The number of nitrogens with one attached hydrogen (secondary N) is 2. The van der Waals surface area contributed by atoms with E-state index < -0.39 is 0 Å². The van der Waals surface area contributed by atoms with Crippen LogP contribution in [0, 0.1) is 0 Å². The molecule has 7 heteroatoms.